The fourth-order valence-corrected chi connectivity index (χ4v) is 3.61. The van der Waals surface area contributed by atoms with Crippen LogP contribution in [0.15, 0.2) is 12.1 Å². The molecular weight excluding hydrogens is 276 g/mol. The van der Waals surface area contributed by atoms with E-state index in [2.05, 4.69) is 17.1 Å². The van der Waals surface area contributed by atoms with E-state index in [4.69, 9.17) is 0 Å². The Morgan fingerprint density at radius 1 is 1.23 bits per heavy atom. The van der Waals surface area contributed by atoms with Crippen LogP contribution in [-0.4, -0.2) is 41.6 Å². The number of hydrogen-bond donors (Lipinski definition) is 2. The zero-order chi connectivity index (χ0) is 15.5. The Labute approximate surface area is 132 Å². The van der Waals surface area contributed by atoms with Gasteiger partial charge in [-0.15, -0.1) is 0 Å². The van der Waals surface area contributed by atoms with Gasteiger partial charge in [-0.2, -0.15) is 0 Å². The molecule has 4 nitrogen and oxygen atoms in total. The number of carbonyl (C=O) groups is 1. The topological polar surface area (TPSA) is 52.6 Å². The van der Waals surface area contributed by atoms with Gasteiger partial charge in [0.05, 0.1) is 5.56 Å². The van der Waals surface area contributed by atoms with Crippen LogP contribution < -0.4 is 5.32 Å². The third-order valence-electron chi connectivity index (χ3n) is 5.07. The summed E-state index contributed by atoms with van der Waals surface area (Å²) in [6.45, 7) is 5.32. The van der Waals surface area contributed by atoms with E-state index in [-0.39, 0.29) is 17.7 Å². The van der Waals surface area contributed by atoms with Crippen molar-refractivity contribution in [2.24, 2.45) is 0 Å². The lowest BCUT2D eigenvalue weighted by Gasteiger charge is -2.31. The van der Waals surface area contributed by atoms with Gasteiger partial charge >= 0.3 is 0 Å². The molecule has 2 N–H and O–H groups in total. The molecule has 1 heterocycles. The highest BCUT2D eigenvalue weighted by Crippen LogP contribution is 2.28. The normalized spacial score (nSPS) is 19.7. The average Bonchev–Trinajstić information content (AvgIpc) is 2.54. The highest BCUT2D eigenvalue weighted by Gasteiger charge is 2.22. The summed E-state index contributed by atoms with van der Waals surface area (Å²) in [5, 5.41) is 13.3. The zero-order valence-electron chi connectivity index (χ0n) is 13.4. The van der Waals surface area contributed by atoms with Gasteiger partial charge in [0.1, 0.15) is 5.75 Å². The number of nitrogens with one attached hydrogen (secondary N) is 1. The summed E-state index contributed by atoms with van der Waals surface area (Å²) in [7, 11) is 0. The van der Waals surface area contributed by atoms with Gasteiger partial charge in [0, 0.05) is 19.1 Å². The van der Waals surface area contributed by atoms with E-state index in [1.54, 1.807) is 6.07 Å². The Kier molecular flexibility index (Phi) is 4.67. The van der Waals surface area contributed by atoms with Gasteiger partial charge in [0.15, 0.2) is 0 Å². The molecule has 1 aliphatic heterocycles. The number of phenolic OH excluding ortho intramolecular Hbond substituents is 1. The summed E-state index contributed by atoms with van der Waals surface area (Å²) >= 11 is 0. The van der Waals surface area contributed by atoms with Crippen LogP contribution in [0.2, 0.25) is 0 Å². The van der Waals surface area contributed by atoms with Crippen molar-refractivity contribution in [1.82, 2.24) is 10.2 Å². The van der Waals surface area contributed by atoms with Gasteiger partial charge in [0.25, 0.3) is 5.91 Å². The van der Waals surface area contributed by atoms with Crippen molar-refractivity contribution in [3.8, 4) is 5.75 Å². The lowest BCUT2D eigenvalue weighted by Crippen LogP contribution is -2.44. The van der Waals surface area contributed by atoms with Crippen molar-refractivity contribution in [3.05, 3.63) is 28.8 Å². The maximum atomic E-state index is 12.5. The highest BCUT2D eigenvalue weighted by atomic mass is 16.3. The van der Waals surface area contributed by atoms with E-state index < -0.39 is 0 Å². The Bertz CT molecular complexity index is 548. The van der Waals surface area contributed by atoms with Crippen molar-refractivity contribution in [2.75, 3.05) is 19.6 Å². The second-order valence-electron chi connectivity index (χ2n) is 6.53. The molecule has 1 amide bonds. The molecule has 0 aromatic heterocycles. The Hall–Kier alpha value is -1.55. The van der Waals surface area contributed by atoms with Gasteiger partial charge in [0.2, 0.25) is 0 Å². The van der Waals surface area contributed by atoms with Gasteiger partial charge in [-0.05, 0) is 68.3 Å². The fraction of sp³-hybridized carbons (Fsp3) is 0.611. The lowest BCUT2D eigenvalue weighted by molar-refractivity contribution is 0.0910. The van der Waals surface area contributed by atoms with E-state index in [1.807, 2.05) is 6.07 Å². The van der Waals surface area contributed by atoms with Gasteiger partial charge in [-0.1, -0.05) is 6.92 Å². The largest absolute Gasteiger partial charge is 0.507 e. The maximum Gasteiger partial charge on any atom is 0.255 e. The van der Waals surface area contributed by atoms with Gasteiger partial charge in [-0.3, -0.25) is 4.79 Å². The third kappa shape index (κ3) is 3.27. The average molecular weight is 302 g/mol. The molecule has 2 aliphatic rings. The van der Waals surface area contributed by atoms with Crippen LogP contribution >= 0.6 is 0 Å². The quantitative estimate of drug-likeness (QED) is 0.902. The summed E-state index contributed by atoms with van der Waals surface area (Å²) in [4.78, 5) is 14.9. The SMILES string of the molecule is CCN1CCC(NC(=O)c2cc3c(cc2O)CCCC3)CC1. The Morgan fingerprint density at radius 3 is 2.50 bits per heavy atom. The molecule has 0 spiro atoms. The summed E-state index contributed by atoms with van der Waals surface area (Å²) < 4.78 is 0. The van der Waals surface area contributed by atoms with E-state index >= 15 is 0 Å². The molecule has 3 rings (SSSR count). The van der Waals surface area contributed by atoms with Crippen LogP contribution in [0.3, 0.4) is 0 Å². The molecule has 0 atom stereocenters. The predicted octanol–water partition coefficient (Wildman–Crippen LogP) is 2.49. The molecule has 1 aromatic carbocycles. The standard InChI is InChI=1S/C18H26N2O2/c1-2-20-9-7-15(8-10-20)19-18(22)16-11-13-5-3-4-6-14(13)12-17(16)21/h11-12,15,21H,2-10H2,1H3,(H,19,22). The van der Waals surface area contributed by atoms with Crippen LogP contribution in [0.5, 0.6) is 5.75 Å². The number of aromatic hydroxyl groups is 1. The van der Waals surface area contributed by atoms with Crippen molar-refractivity contribution in [2.45, 2.75) is 51.5 Å². The zero-order valence-corrected chi connectivity index (χ0v) is 13.4. The lowest BCUT2D eigenvalue weighted by atomic mass is 9.89. The number of piperidine rings is 1. The summed E-state index contributed by atoms with van der Waals surface area (Å²) in [5.41, 5.74) is 2.88. The van der Waals surface area contributed by atoms with Crippen molar-refractivity contribution >= 4 is 5.91 Å². The minimum Gasteiger partial charge on any atom is -0.507 e. The first kappa shape index (κ1) is 15.3. The van der Waals surface area contributed by atoms with Crippen molar-refractivity contribution < 1.29 is 9.90 Å². The number of nitrogens with zero attached hydrogens (tertiary/aromatic N) is 1. The van der Waals surface area contributed by atoms with Crippen LogP contribution in [0.1, 0.15) is 54.1 Å². The van der Waals surface area contributed by atoms with Crippen LogP contribution in [0.25, 0.3) is 0 Å². The number of phenols is 1. The molecule has 1 aliphatic carbocycles. The number of aryl methyl sites for hydroxylation is 2. The second-order valence-corrected chi connectivity index (χ2v) is 6.53. The molecule has 0 radical (unpaired) electrons. The molecule has 0 saturated carbocycles. The second kappa shape index (κ2) is 6.69. The number of likely N-dealkylation sites (tertiary alicyclic amines) is 1. The number of rotatable bonds is 3. The fourth-order valence-electron chi connectivity index (χ4n) is 3.61. The van der Waals surface area contributed by atoms with E-state index in [1.165, 1.54) is 24.0 Å². The molecule has 1 fully saturated rings. The molecule has 1 saturated heterocycles. The van der Waals surface area contributed by atoms with Crippen LogP contribution in [-0.2, 0) is 12.8 Å². The molecular formula is C18H26N2O2. The number of benzene rings is 1. The van der Waals surface area contributed by atoms with Crippen LogP contribution in [0, 0.1) is 0 Å². The smallest absolute Gasteiger partial charge is 0.255 e. The monoisotopic (exact) mass is 302 g/mol. The third-order valence-corrected chi connectivity index (χ3v) is 5.07. The Morgan fingerprint density at radius 2 is 1.86 bits per heavy atom. The first-order chi connectivity index (χ1) is 10.7. The van der Waals surface area contributed by atoms with Crippen molar-refractivity contribution in [1.29, 1.82) is 0 Å². The molecule has 0 bridgehead atoms. The summed E-state index contributed by atoms with van der Waals surface area (Å²) in [6.07, 6.45) is 6.36. The molecule has 22 heavy (non-hydrogen) atoms. The highest BCUT2D eigenvalue weighted by molar-refractivity contribution is 5.97. The van der Waals surface area contributed by atoms with Crippen LogP contribution in [0.4, 0.5) is 0 Å². The van der Waals surface area contributed by atoms with Gasteiger partial charge in [-0.25, -0.2) is 0 Å². The number of fused-ring (bicyclic) bond motifs is 1. The molecule has 4 heteroatoms. The maximum absolute atomic E-state index is 12.5. The van der Waals surface area contributed by atoms with Crippen molar-refractivity contribution in [3.63, 3.8) is 0 Å². The summed E-state index contributed by atoms with van der Waals surface area (Å²) in [5.74, 6) is 0.00460. The summed E-state index contributed by atoms with van der Waals surface area (Å²) in [6, 6.07) is 3.93. The predicted molar refractivity (Wildman–Crippen MR) is 87.4 cm³/mol. The first-order valence-electron chi connectivity index (χ1n) is 8.55. The minimum atomic E-state index is -0.124. The van der Waals surface area contributed by atoms with E-state index in [0.717, 1.165) is 45.3 Å². The number of carbonyl (C=O) groups excluding carboxylic acids is 1. The molecule has 1 aromatic rings. The number of hydrogen-bond acceptors (Lipinski definition) is 3. The minimum absolute atomic E-state index is 0.124. The van der Waals surface area contributed by atoms with Gasteiger partial charge < -0.3 is 15.3 Å². The Balaban J connectivity index is 1.67. The van der Waals surface area contributed by atoms with E-state index in [9.17, 15) is 9.90 Å². The first-order valence-corrected chi connectivity index (χ1v) is 8.55. The molecule has 0 unspecified atom stereocenters. The molecule has 120 valence electrons. The number of amides is 1. The van der Waals surface area contributed by atoms with E-state index in [0.29, 0.717) is 5.56 Å².